The summed E-state index contributed by atoms with van der Waals surface area (Å²) < 4.78 is 37.1. The number of aromatic nitrogens is 1. The number of nitrogens with zero attached hydrogens (tertiary/aromatic N) is 1. The topological polar surface area (TPSA) is 68.5 Å². The van der Waals surface area contributed by atoms with Crippen molar-refractivity contribution in [2.45, 2.75) is 78.1 Å². The Morgan fingerprint density at radius 1 is 1.18 bits per heavy atom. The Morgan fingerprint density at radius 2 is 1.85 bits per heavy atom. The van der Waals surface area contributed by atoms with Crippen molar-refractivity contribution in [2.24, 2.45) is 5.92 Å². The minimum absolute atomic E-state index is 0.0633. The van der Waals surface area contributed by atoms with Gasteiger partial charge in [0.05, 0.1) is 17.1 Å². The monoisotopic (exact) mass is 577 g/mol. The molecule has 0 aliphatic heterocycles. The molecule has 0 fully saturated rings. The molecule has 1 N–H and O–H groups in total. The average Bonchev–Trinajstić information content (AvgIpc) is 2.83. The van der Waals surface area contributed by atoms with Crippen molar-refractivity contribution in [3.63, 3.8) is 0 Å². The molecular weight excluding hydrogens is 540 g/mol. The molecular formula is C30H38ClF2NO4Si. The zero-order valence-electron chi connectivity index (χ0n) is 23.7. The number of fused-ring (bicyclic) bond motifs is 1. The fourth-order valence-electron chi connectivity index (χ4n) is 4.68. The maximum absolute atomic E-state index is 15.5. The summed E-state index contributed by atoms with van der Waals surface area (Å²) in [5, 5.41) is -0.211. The lowest BCUT2D eigenvalue weighted by Gasteiger charge is -2.37. The van der Waals surface area contributed by atoms with Crippen LogP contribution in [-0.4, -0.2) is 30.3 Å². The number of pyridine rings is 1. The van der Waals surface area contributed by atoms with Gasteiger partial charge in [-0.2, -0.15) is 0 Å². The third-order valence-electron chi connectivity index (χ3n) is 7.96. The predicted octanol–water partition coefficient (Wildman–Crippen LogP) is 7.66. The number of hydrogen-bond donors (Lipinski definition) is 1. The maximum Gasteiger partial charge on any atom is 0.343 e. The van der Waals surface area contributed by atoms with Crippen LogP contribution in [0.15, 0.2) is 41.3 Å². The van der Waals surface area contributed by atoms with Gasteiger partial charge in [-0.3, -0.25) is 4.79 Å². The maximum atomic E-state index is 15.5. The number of carbonyl (C=O) groups excluding carboxylic acids is 1. The standard InChI is InChI=1S/C30H38ClF2NO4Si/c1-8-38-29(36)22-17-34(25(18(2)3)12-13-30(4,5)39(6,7)37)26-16-24(32)20(15-21(26)28(22)35)14-19-10-9-11-23(31)27(19)33/h9-11,15-18,25,37H,8,12-14H2,1-7H3/t25-/m0/s1. The highest BCUT2D eigenvalue weighted by molar-refractivity contribution is 6.72. The van der Waals surface area contributed by atoms with E-state index >= 15 is 4.39 Å². The molecule has 1 atom stereocenters. The van der Waals surface area contributed by atoms with Crippen LogP contribution in [0, 0.1) is 17.6 Å². The molecule has 0 spiro atoms. The van der Waals surface area contributed by atoms with Gasteiger partial charge in [0.1, 0.15) is 17.2 Å². The predicted molar refractivity (Wildman–Crippen MR) is 155 cm³/mol. The van der Waals surface area contributed by atoms with Crippen molar-refractivity contribution in [3.05, 3.63) is 80.1 Å². The molecule has 2 aromatic carbocycles. The lowest BCUT2D eigenvalue weighted by Crippen LogP contribution is -2.39. The highest BCUT2D eigenvalue weighted by Crippen LogP contribution is 2.43. The summed E-state index contributed by atoms with van der Waals surface area (Å²) in [6.45, 7) is 13.7. The number of rotatable bonds is 10. The van der Waals surface area contributed by atoms with Gasteiger partial charge in [-0.1, -0.05) is 51.4 Å². The van der Waals surface area contributed by atoms with Gasteiger partial charge >= 0.3 is 5.97 Å². The lowest BCUT2D eigenvalue weighted by atomic mass is 9.93. The summed E-state index contributed by atoms with van der Waals surface area (Å²) in [5.41, 5.74) is -0.0565. The van der Waals surface area contributed by atoms with Crippen LogP contribution in [0.5, 0.6) is 0 Å². The van der Waals surface area contributed by atoms with E-state index in [0.29, 0.717) is 18.4 Å². The smallest absolute Gasteiger partial charge is 0.343 e. The molecule has 1 heterocycles. The number of benzene rings is 2. The van der Waals surface area contributed by atoms with Gasteiger partial charge in [-0.25, -0.2) is 13.6 Å². The zero-order valence-corrected chi connectivity index (χ0v) is 25.5. The van der Waals surface area contributed by atoms with Crippen molar-refractivity contribution >= 4 is 36.8 Å². The first-order chi connectivity index (χ1) is 18.1. The van der Waals surface area contributed by atoms with E-state index in [4.69, 9.17) is 16.3 Å². The van der Waals surface area contributed by atoms with Gasteiger partial charge in [-0.15, -0.1) is 0 Å². The summed E-state index contributed by atoms with van der Waals surface area (Å²) in [7, 11) is -2.49. The number of ether oxygens (including phenoxy) is 1. The molecule has 9 heteroatoms. The van der Waals surface area contributed by atoms with E-state index in [1.165, 1.54) is 30.5 Å². The van der Waals surface area contributed by atoms with Crippen molar-refractivity contribution in [1.82, 2.24) is 4.57 Å². The minimum Gasteiger partial charge on any atom is -0.462 e. The Bertz CT molecular complexity index is 1430. The molecule has 1 aromatic heterocycles. The van der Waals surface area contributed by atoms with Gasteiger partial charge in [0.25, 0.3) is 0 Å². The first kappa shape index (κ1) is 31.0. The van der Waals surface area contributed by atoms with Crippen LogP contribution in [0.4, 0.5) is 8.78 Å². The second kappa shape index (κ2) is 11.9. The number of hydrogen-bond acceptors (Lipinski definition) is 4. The minimum atomic E-state index is -2.49. The van der Waals surface area contributed by atoms with E-state index in [-0.39, 0.29) is 57.1 Å². The van der Waals surface area contributed by atoms with E-state index < -0.39 is 31.3 Å². The van der Waals surface area contributed by atoms with Crippen LogP contribution >= 0.6 is 11.6 Å². The summed E-state index contributed by atoms with van der Waals surface area (Å²) in [6, 6.07) is 6.99. The molecule has 0 aliphatic carbocycles. The van der Waals surface area contributed by atoms with Gasteiger partial charge < -0.3 is 14.1 Å². The molecule has 212 valence electrons. The van der Waals surface area contributed by atoms with Crippen molar-refractivity contribution in [3.8, 4) is 0 Å². The largest absolute Gasteiger partial charge is 0.462 e. The van der Waals surface area contributed by atoms with Crippen LogP contribution in [0.25, 0.3) is 10.9 Å². The Hall–Kier alpha value is -2.55. The highest BCUT2D eigenvalue weighted by atomic mass is 35.5. The van der Waals surface area contributed by atoms with E-state index in [9.17, 15) is 18.8 Å². The Kier molecular flexibility index (Phi) is 9.45. The van der Waals surface area contributed by atoms with Crippen LogP contribution in [-0.2, 0) is 11.2 Å². The lowest BCUT2D eigenvalue weighted by molar-refractivity contribution is 0.0523. The molecule has 0 amide bonds. The summed E-state index contributed by atoms with van der Waals surface area (Å²) >= 11 is 5.91. The summed E-state index contributed by atoms with van der Waals surface area (Å²) in [4.78, 5) is 37.2. The van der Waals surface area contributed by atoms with E-state index in [2.05, 4.69) is 0 Å². The molecule has 0 aliphatic rings. The fourth-order valence-corrected chi connectivity index (χ4v) is 5.63. The van der Waals surface area contributed by atoms with Crippen LogP contribution in [0.3, 0.4) is 0 Å². The molecule has 3 rings (SSSR count). The highest BCUT2D eigenvalue weighted by Gasteiger charge is 2.38. The fraction of sp³-hybridized carbons (Fsp3) is 0.467. The Morgan fingerprint density at radius 3 is 2.44 bits per heavy atom. The molecule has 3 aromatic rings. The van der Waals surface area contributed by atoms with E-state index in [0.717, 1.165) is 0 Å². The van der Waals surface area contributed by atoms with Crippen LogP contribution < -0.4 is 5.43 Å². The van der Waals surface area contributed by atoms with Gasteiger partial charge in [0.15, 0.2) is 8.32 Å². The van der Waals surface area contributed by atoms with Crippen LogP contribution in [0.1, 0.15) is 75.0 Å². The van der Waals surface area contributed by atoms with Crippen molar-refractivity contribution in [2.75, 3.05) is 6.61 Å². The SMILES string of the molecule is CCOC(=O)c1cn([C@@H](CCC(C)(C)[Si](C)(C)O)C(C)C)c2cc(F)c(Cc3cccc(Cl)c3F)cc2c1=O. The molecule has 0 saturated heterocycles. The third-order valence-corrected chi connectivity index (χ3v) is 11.8. The van der Waals surface area contributed by atoms with Crippen molar-refractivity contribution < 1.29 is 23.1 Å². The van der Waals surface area contributed by atoms with Crippen molar-refractivity contribution in [1.29, 1.82) is 0 Å². The Labute approximate surface area is 234 Å². The number of esters is 1. The molecule has 0 unspecified atom stereocenters. The molecule has 0 bridgehead atoms. The van der Waals surface area contributed by atoms with E-state index in [1.807, 2.05) is 40.8 Å². The summed E-state index contributed by atoms with van der Waals surface area (Å²) in [5.74, 6) is -1.93. The van der Waals surface area contributed by atoms with Crippen LogP contribution in [0.2, 0.25) is 23.2 Å². The van der Waals surface area contributed by atoms with Gasteiger partial charge in [-0.05, 0) is 73.1 Å². The van der Waals surface area contributed by atoms with E-state index in [1.54, 1.807) is 17.6 Å². The molecule has 0 saturated carbocycles. The second-order valence-corrected chi connectivity index (χ2v) is 16.5. The summed E-state index contributed by atoms with van der Waals surface area (Å²) in [6.07, 6.45) is 2.69. The number of carbonyl (C=O) groups is 1. The first-order valence-corrected chi connectivity index (χ1v) is 16.6. The Balaban J connectivity index is 2.23. The number of halogens is 3. The quantitative estimate of drug-likeness (QED) is 0.198. The first-order valence-electron chi connectivity index (χ1n) is 13.3. The average molecular weight is 578 g/mol. The van der Waals surface area contributed by atoms with Gasteiger partial charge in [0.2, 0.25) is 5.43 Å². The second-order valence-electron chi connectivity index (χ2n) is 11.6. The molecule has 39 heavy (non-hydrogen) atoms. The normalized spacial score (nSPS) is 13.2. The zero-order chi connectivity index (χ0) is 29.3. The third kappa shape index (κ3) is 6.61. The molecule has 0 radical (unpaired) electrons. The molecule has 5 nitrogen and oxygen atoms in total. The van der Waals surface area contributed by atoms with Gasteiger partial charge in [0, 0.05) is 24.0 Å².